The van der Waals surface area contributed by atoms with Crippen LogP contribution in [0.1, 0.15) is 233 Å². The summed E-state index contributed by atoms with van der Waals surface area (Å²) in [5.41, 5.74) is 0. The first kappa shape index (κ1) is 68.9. The molecule has 0 rings (SSSR count). The van der Waals surface area contributed by atoms with E-state index in [2.05, 4.69) is 111 Å². The lowest BCUT2D eigenvalue weighted by Gasteiger charge is -2.30. The minimum Gasteiger partial charge on any atom is -0.756 e. The lowest BCUT2D eigenvalue weighted by Crippen LogP contribution is -2.47. The molecule has 0 aromatic carbocycles. The molecule has 0 spiro atoms. The Morgan fingerprint density at radius 3 is 1.36 bits per heavy atom. The third-order valence-corrected chi connectivity index (χ3v) is 13.2. The zero-order chi connectivity index (χ0) is 52.9. The van der Waals surface area contributed by atoms with Crippen LogP contribution in [0.2, 0.25) is 0 Å². The number of amides is 1. The summed E-state index contributed by atoms with van der Waals surface area (Å²) in [7, 11) is 1.14. The summed E-state index contributed by atoms with van der Waals surface area (Å²) in [4.78, 5) is 39.8. The highest BCUT2D eigenvalue weighted by Crippen LogP contribution is 2.38. The van der Waals surface area contributed by atoms with Crippen molar-refractivity contribution in [3.63, 3.8) is 0 Å². The van der Waals surface area contributed by atoms with Gasteiger partial charge in [0, 0.05) is 12.8 Å². The topological polar surface area (TPSA) is 114 Å². The van der Waals surface area contributed by atoms with Gasteiger partial charge in [-0.05, 0) is 109 Å². The number of nitrogens with one attached hydrogen (secondary N) is 1. The number of carbonyl (C=O) groups excluding carboxylic acids is 2. The van der Waals surface area contributed by atoms with Crippen molar-refractivity contribution in [3.05, 3.63) is 97.2 Å². The maximum atomic E-state index is 13.5. The molecule has 1 amide bonds. The molecule has 3 atom stereocenters. The first-order valence-electron chi connectivity index (χ1n) is 29.0. The van der Waals surface area contributed by atoms with E-state index in [0.29, 0.717) is 23.9 Å². The lowest BCUT2D eigenvalue weighted by atomic mass is 10.1. The highest BCUT2D eigenvalue weighted by Gasteiger charge is 2.27. The Hall–Kier alpha value is -3.07. The summed E-state index contributed by atoms with van der Waals surface area (Å²) >= 11 is 0. The number of unbranched alkanes of at least 4 members (excludes halogenated alkanes) is 21. The van der Waals surface area contributed by atoms with Crippen LogP contribution in [0, 0.1) is 0 Å². The van der Waals surface area contributed by atoms with Crippen molar-refractivity contribution < 1.29 is 37.3 Å². The summed E-state index contributed by atoms with van der Waals surface area (Å²) in [6, 6.07) is -0.918. The van der Waals surface area contributed by atoms with Gasteiger partial charge in [0.2, 0.25) is 5.91 Å². The summed E-state index contributed by atoms with van der Waals surface area (Å²) in [6.07, 6.45) is 68.1. The monoisotopic (exact) mass is 1020 g/mol. The van der Waals surface area contributed by atoms with Gasteiger partial charge in [0.25, 0.3) is 7.82 Å². The molecular weight excluding hydrogens is 916 g/mol. The van der Waals surface area contributed by atoms with Crippen LogP contribution in [0.15, 0.2) is 97.2 Å². The smallest absolute Gasteiger partial charge is 0.306 e. The van der Waals surface area contributed by atoms with Gasteiger partial charge in [-0.2, -0.15) is 0 Å². The van der Waals surface area contributed by atoms with Crippen LogP contribution in [0.4, 0.5) is 0 Å². The average Bonchev–Trinajstić information content (AvgIpc) is 3.34. The molecule has 1 N–H and O–H groups in total. The fourth-order valence-electron chi connectivity index (χ4n) is 7.75. The second kappa shape index (κ2) is 51.4. The van der Waals surface area contributed by atoms with Gasteiger partial charge in [-0.3, -0.25) is 14.2 Å². The van der Waals surface area contributed by atoms with Crippen LogP contribution in [0.3, 0.4) is 0 Å². The molecule has 0 aliphatic heterocycles. The molecule has 0 aromatic rings. The van der Waals surface area contributed by atoms with Gasteiger partial charge in [-0.15, -0.1) is 0 Å². The predicted molar refractivity (Wildman–Crippen MR) is 307 cm³/mol. The molecule has 0 radical (unpaired) electrons. The predicted octanol–water partition coefficient (Wildman–Crippen LogP) is 17.0. The first-order valence-corrected chi connectivity index (χ1v) is 30.5. The zero-order valence-corrected chi connectivity index (χ0v) is 48.0. The number of phosphoric ester groups is 1. The fourth-order valence-corrected chi connectivity index (χ4v) is 8.48. The van der Waals surface area contributed by atoms with E-state index in [0.717, 1.165) is 96.3 Å². The van der Waals surface area contributed by atoms with E-state index in [1.807, 2.05) is 33.3 Å². The largest absolute Gasteiger partial charge is 0.756 e. The van der Waals surface area contributed by atoms with Crippen LogP contribution in [0.5, 0.6) is 0 Å². The normalized spacial score (nSPS) is 14.5. The van der Waals surface area contributed by atoms with Crippen molar-refractivity contribution in [1.29, 1.82) is 0 Å². The molecule has 0 aromatic heterocycles. The number of nitrogens with zero attached hydrogens (tertiary/aromatic N) is 1. The van der Waals surface area contributed by atoms with Gasteiger partial charge >= 0.3 is 5.97 Å². The Bertz CT molecular complexity index is 1560. The maximum Gasteiger partial charge on any atom is 0.306 e. The minimum absolute atomic E-state index is 0.0364. The van der Waals surface area contributed by atoms with Crippen molar-refractivity contribution in [2.45, 2.75) is 245 Å². The van der Waals surface area contributed by atoms with Crippen molar-refractivity contribution in [1.82, 2.24) is 5.32 Å². The van der Waals surface area contributed by atoms with Crippen LogP contribution in [-0.4, -0.2) is 69.4 Å². The number of carbonyl (C=O) groups is 2. The van der Waals surface area contributed by atoms with E-state index in [1.165, 1.54) is 89.9 Å². The molecule has 0 saturated heterocycles. The van der Waals surface area contributed by atoms with Gasteiger partial charge in [0.15, 0.2) is 0 Å². The van der Waals surface area contributed by atoms with Crippen LogP contribution >= 0.6 is 7.82 Å². The van der Waals surface area contributed by atoms with Crippen LogP contribution < -0.4 is 10.2 Å². The molecule has 414 valence electrons. The molecule has 3 unspecified atom stereocenters. The minimum atomic E-state index is -4.71. The van der Waals surface area contributed by atoms with Crippen LogP contribution in [0.25, 0.3) is 0 Å². The number of ether oxygens (including phenoxy) is 1. The molecule has 10 heteroatoms. The number of esters is 1. The fraction of sp³-hybridized carbons (Fsp3) is 0.710. The van der Waals surface area contributed by atoms with Crippen LogP contribution in [-0.2, 0) is 27.9 Å². The third-order valence-electron chi connectivity index (χ3n) is 12.2. The molecule has 0 saturated carbocycles. The third kappa shape index (κ3) is 51.8. The second-order valence-corrected chi connectivity index (χ2v) is 21.8. The van der Waals surface area contributed by atoms with E-state index in [1.54, 1.807) is 0 Å². The Morgan fingerprint density at radius 1 is 0.500 bits per heavy atom. The lowest BCUT2D eigenvalue weighted by molar-refractivity contribution is -0.870. The molecular formula is C62H109N2O7P. The maximum absolute atomic E-state index is 13.5. The summed E-state index contributed by atoms with van der Waals surface area (Å²) in [6.45, 7) is 6.66. The number of likely N-dealkylation sites (N-methyl/N-ethyl adjacent to an activating group) is 1. The van der Waals surface area contributed by atoms with Gasteiger partial charge in [0.1, 0.15) is 19.3 Å². The number of quaternary nitrogens is 1. The van der Waals surface area contributed by atoms with E-state index in [9.17, 15) is 19.0 Å². The molecule has 9 nitrogen and oxygen atoms in total. The molecule has 0 aliphatic carbocycles. The molecule has 0 heterocycles. The average molecular weight is 1030 g/mol. The van der Waals surface area contributed by atoms with E-state index >= 15 is 0 Å². The molecule has 0 fully saturated rings. The van der Waals surface area contributed by atoms with Crippen molar-refractivity contribution >= 4 is 19.7 Å². The summed E-state index contributed by atoms with van der Waals surface area (Å²) in [5.74, 6) is -0.617. The Labute approximate surface area is 443 Å². The number of phosphoric acid groups is 1. The summed E-state index contributed by atoms with van der Waals surface area (Å²) < 4.78 is 30.2. The van der Waals surface area contributed by atoms with E-state index < -0.39 is 26.6 Å². The van der Waals surface area contributed by atoms with E-state index in [4.69, 9.17) is 13.8 Å². The number of rotatable bonds is 51. The van der Waals surface area contributed by atoms with Crippen molar-refractivity contribution in [3.8, 4) is 0 Å². The van der Waals surface area contributed by atoms with Crippen molar-refractivity contribution in [2.24, 2.45) is 0 Å². The molecule has 0 aliphatic rings. The highest BCUT2D eigenvalue weighted by molar-refractivity contribution is 7.45. The van der Waals surface area contributed by atoms with Gasteiger partial charge in [-0.25, -0.2) is 0 Å². The van der Waals surface area contributed by atoms with E-state index in [-0.39, 0.29) is 31.3 Å². The highest BCUT2D eigenvalue weighted by atomic mass is 31.2. The Kier molecular flexibility index (Phi) is 49.2. The first-order chi connectivity index (χ1) is 34.9. The molecule has 72 heavy (non-hydrogen) atoms. The number of hydrogen-bond acceptors (Lipinski definition) is 7. The zero-order valence-electron chi connectivity index (χ0n) is 47.1. The standard InChI is InChI=1S/C62H109N2O7P/c1-7-10-13-16-19-22-25-28-29-30-31-32-33-34-35-37-40-43-46-49-52-55-62(66)71-60(53-50-47-44-41-38-27-24-21-18-15-12-9-3)59(58-70-72(67,68)69-57-56-64(4,5)6)63-61(65)54-51-48-45-42-39-36-26-23-20-17-14-11-8-2/h10,13,19,22,28-29,31-32,34-36,39-40,43,50,53,59-60H,7-9,11-12,14-18,20-21,23-27,30,33,37-38,41-42,44-49,51-52,54-58H2,1-6H3,(H-,63,65,67,68)/b13-10-,22-19-,29-28-,32-31-,35-34-,39-36-,43-40-,53-50-. The number of allylic oxidation sites excluding steroid dienone is 15. The second-order valence-electron chi connectivity index (χ2n) is 20.4. The molecule has 0 bridgehead atoms. The van der Waals surface area contributed by atoms with Crippen molar-refractivity contribution in [2.75, 3.05) is 40.9 Å². The Morgan fingerprint density at radius 2 is 0.889 bits per heavy atom. The summed E-state index contributed by atoms with van der Waals surface area (Å²) in [5, 5.41) is 2.99. The SMILES string of the molecule is CC/C=C\C/C=C\C/C=C\C/C=C\C/C=C\C/C=C\CCCCC(=O)OC(/C=C\CCCCCCCCCCCC)C(COP(=O)([O-])OCC[N+](C)(C)C)NC(=O)CCCCC/C=C\CCCCCCCC. The quantitative estimate of drug-likeness (QED) is 0.0212. The van der Waals surface area contributed by atoms with Gasteiger partial charge in [-0.1, -0.05) is 208 Å². The van der Waals surface area contributed by atoms with Gasteiger partial charge < -0.3 is 28.5 Å². The number of hydrogen-bond donors (Lipinski definition) is 1. The Balaban J connectivity index is 5.42. The van der Waals surface area contributed by atoms with Gasteiger partial charge in [0.05, 0.1) is 33.8 Å².